The zero-order valence-corrected chi connectivity index (χ0v) is 15.7. The number of aryl methyl sites for hydroxylation is 2. The van der Waals surface area contributed by atoms with Crippen molar-refractivity contribution in [2.24, 2.45) is 0 Å². The molecule has 0 aliphatic heterocycles. The maximum atomic E-state index is 12.4. The van der Waals surface area contributed by atoms with Crippen molar-refractivity contribution in [3.63, 3.8) is 0 Å². The molecule has 25 heavy (non-hydrogen) atoms. The summed E-state index contributed by atoms with van der Waals surface area (Å²) in [4.78, 5) is 21.2. The van der Waals surface area contributed by atoms with E-state index in [0.29, 0.717) is 23.6 Å². The van der Waals surface area contributed by atoms with Crippen molar-refractivity contribution >= 4 is 21.8 Å². The van der Waals surface area contributed by atoms with Crippen LogP contribution in [0.4, 0.5) is 0 Å². The standard InChI is InChI=1S/C20H18BrN3O/c1-13-6-8-16(9-7-13)19-22-12-18(14(2)24-19)20(25)23-11-15-4-3-5-17(21)10-15/h3-10,12H,11H2,1-2H3,(H,23,25). The molecule has 0 unspecified atom stereocenters. The molecule has 1 amide bonds. The van der Waals surface area contributed by atoms with Gasteiger partial charge in [0.1, 0.15) is 0 Å². The third-order valence-electron chi connectivity index (χ3n) is 3.88. The van der Waals surface area contributed by atoms with E-state index < -0.39 is 0 Å². The van der Waals surface area contributed by atoms with Crippen LogP contribution in [0.3, 0.4) is 0 Å². The molecule has 0 spiro atoms. The van der Waals surface area contributed by atoms with E-state index in [1.165, 1.54) is 5.56 Å². The Kier molecular flexibility index (Phi) is 5.24. The average Bonchev–Trinajstić information content (AvgIpc) is 2.60. The first-order valence-electron chi connectivity index (χ1n) is 7.96. The topological polar surface area (TPSA) is 54.9 Å². The number of nitrogens with zero attached hydrogens (tertiary/aromatic N) is 2. The van der Waals surface area contributed by atoms with Crippen LogP contribution in [0.5, 0.6) is 0 Å². The highest BCUT2D eigenvalue weighted by atomic mass is 79.9. The molecule has 1 heterocycles. The van der Waals surface area contributed by atoms with Gasteiger partial charge in [0.25, 0.3) is 5.91 Å². The molecular formula is C20H18BrN3O. The number of carbonyl (C=O) groups excluding carboxylic acids is 1. The Morgan fingerprint density at radius 3 is 2.56 bits per heavy atom. The van der Waals surface area contributed by atoms with E-state index in [-0.39, 0.29) is 5.91 Å². The van der Waals surface area contributed by atoms with E-state index >= 15 is 0 Å². The molecule has 0 fully saturated rings. The highest BCUT2D eigenvalue weighted by Gasteiger charge is 2.12. The fraction of sp³-hybridized carbons (Fsp3) is 0.150. The van der Waals surface area contributed by atoms with Gasteiger partial charge in [-0.2, -0.15) is 0 Å². The zero-order chi connectivity index (χ0) is 17.8. The normalized spacial score (nSPS) is 10.5. The van der Waals surface area contributed by atoms with Crippen molar-refractivity contribution < 1.29 is 4.79 Å². The first kappa shape index (κ1) is 17.3. The van der Waals surface area contributed by atoms with Gasteiger partial charge in [-0.1, -0.05) is 57.9 Å². The number of benzene rings is 2. The van der Waals surface area contributed by atoms with Gasteiger partial charge in [0.2, 0.25) is 0 Å². The summed E-state index contributed by atoms with van der Waals surface area (Å²) < 4.78 is 0.987. The van der Waals surface area contributed by atoms with E-state index in [1.807, 2.05) is 62.4 Å². The van der Waals surface area contributed by atoms with Gasteiger partial charge >= 0.3 is 0 Å². The Hall–Kier alpha value is -2.53. The maximum Gasteiger partial charge on any atom is 0.254 e. The van der Waals surface area contributed by atoms with Gasteiger partial charge in [0, 0.05) is 22.8 Å². The summed E-state index contributed by atoms with van der Waals surface area (Å²) in [6.07, 6.45) is 1.59. The van der Waals surface area contributed by atoms with Crippen LogP contribution >= 0.6 is 15.9 Å². The summed E-state index contributed by atoms with van der Waals surface area (Å²) >= 11 is 3.43. The highest BCUT2D eigenvalue weighted by molar-refractivity contribution is 9.10. The Balaban J connectivity index is 1.74. The van der Waals surface area contributed by atoms with E-state index in [9.17, 15) is 4.79 Å². The van der Waals surface area contributed by atoms with Gasteiger partial charge in [-0.3, -0.25) is 4.79 Å². The molecule has 0 aliphatic carbocycles. The summed E-state index contributed by atoms with van der Waals surface area (Å²) in [7, 11) is 0. The number of hydrogen-bond acceptors (Lipinski definition) is 3. The molecule has 0 atom stereocenters. The van der Waals surface area contributed by atoms with Crippen LogP contribution in [0, 0.1) is 13.8 Å². The van der Waals surface area contributed by atoms with Crippen molar-refractivity contribution in [1.82, 2.24) is 15.3 Å². The quantitative estimate of drug-likeness (QED) is 0.709. The molecule has 3 aromatic rings. The summed E-state index contributed by atoms with van der Waals surface area (Å²) in [5.41, 5.74) is 4.31. The maximum absolute atomic E-state index is 12.4. The molecule has 0 radical (unpaired) electrons. The van der Waals surface area contributed by atoms with Crippen LogP contribution < -0.4 is 5.32 Å². The lowest BCUT2D eigenvalue weighted by atomic mass is 10.1. The second-order valence-corrected chi connectivity index (χ2v) is 6.79. The molecule has 0 saturated carbocycles. The predicted molar refractivity (Wildman–Crippen MR) is 102 cm³/mol. The molecule has 0 saturated heterocycles. The summed E-state index contributed by atoms with van der Waals surface area (Å²) in [5.74, 6) is 0.453. The molecule has 126 valence electrons. The minimum absolute atomic E-state index is 0.173. The fourth-order valence-corrected chi connectivity index (χ4v) is 2.90. The van der Waals surface area contributed by atoms with Gasteiger partial charge in [0.05, 0.1) is 11.3 Å². The lowest BCUT2D eigenvalue weighted by molar-refractivity contribution is 0.0949. The average molecular weight is 396 g/mol. The minimum atomic E-state index is -0.173. The first-order valence-corrected chi connectivity index (χ1v) is 8.75. The van der Waals surface area contributed by atoms with Crippen molar-refractivity contribution in [1.29, 1.82) is 0 Å². The van der Waals surface area contributed by atoms with Crippen molar-refractivity contribution in [2.75, 3.05) is 0 Å². The second kappa shape index (κ2) is 7.57. The van der Waals surface area contributed by atoms with Crippen LogP contribution in [-0.2, 0) is 6.54 Å². The summed E-state index contributed by atoms with van der Waals surface area (Å²) in [6, 6.07) is 15.8. The third-order valence-corrected chi connectivity index (χ3v) is 4.37. The molecule has 0 bridgehead atoms. The van der Waals surface area contributed by atoms with Crippen molar-refractivity contribution in [2.45, 2.75) is 20.4 Å². The molecule has 0 aliphatic rings. The van der Waals surface area contributed by atoms with Gasteiger partial charge in [-0.15, -0.1) is 0 Å². The van der Waals surface area contributed by atoms with Crippen LogP contribution in [0.2, 0.25) is 0 Å². The lowest BCUT2D eigenvalue weighted by Crippen LogP contribution is -2.24. The number of halogens is 1. The molecule has 2 aromatic carbocycles. The molecule has 4 nitrogen and oxygen atoms in total. The third kappa shape index (κ3) is 4.31. The predicted octanol–water partition coefficient (Wildman–Crippen LogP) is 4.45. The van der Waals surface area contributed by atoms with E-state index in [1.54, 1.807) is 6.20 Å². The van der Waals surface area contributed by atoms with Gasteiger partial charge in [0.15, 0.2) is 5.82 Å². The van der Waals surface area contributed by atoms with Crippen molar-refractivity contribution in [3.05, 3.63) is 81.6 Å². The number of aromatic nitrogens is 2. The highest BCUT2D eigenvalue weighted by Crippen LogP contribution is 2.17. The van der Waals surface area contributed by atoms with Crippen LogP contribution in [0.25, 0.3) is 11.4 Å². The lowest BCUT2D eigenvalue weighted by Gasteiger charge is -2.09. The summed E-state index contributed by atoms with van der Waals surface area (Å²) in [6.45, 7) is 4.32. The van der Waals surface area contributed by atoms with Crippen LogP contribution in [-0.4, -0.2) is 15.9 Å². The van der Waals surface area contributed by atoms with Crippen LogP contribution in [0.1, 0.15) is 27.2 Å². The number of rotatable bonds is 4. The summed E-state index contributed by atoms with van der Waals surface area (Å²) in [5, 5.41) is 2.91. The molecule has 3 rings (SSSR count). The van der Waals surface area contributed by atoms with Crippen LogP contribution in [0.15, 0.2) is 59.2 Å². The van der Waals surface area contributed by atoms with E-state index in [0.717, 1.165) is 15.6 Å². The Bertz CT molecular complexity index is 907. The number of carbonyl (C=O) groups is 1. The number of hydrogen-bond donors (Lipinski definition) is 1. The van der Waals surface area contributed by atoms with Gasteiger partial charge in [-0.05, 0) is 31.5 Å². The number of nitrogens with one attached hydrogen (secondary N) is 1. The zero-order valence-electron chi connectivity index (χ0n) is 14.1. The van der Waals surface area contributed by atoms with Gasteiger partial charge in [-0.25, -0.2) is 9.97 Å². The van der Waals surface area contributed by atoms with Crippen molar-refractivity contribution in [3.8, 4) is 11.4 Å². The second-order valence-electron chi connectivity index (χ2n) is 5.87. The molecule has 5 heteroatoms. The monoisotopic (exact) mass is 395 g/mol. The Morgan fingerprint density at radius 1 is 1.12 bits per heavy atom. The Labute approximate surface area is 155 Å². The fourth-order valence-electron chi connectivity index (χ4n) is 2.46. The smallest absolute Gasteiger partial charge is 0.254 e. The molecule has 1 N–H and O–H groups in total. The Morgan fingerprint density at radius 2 is 1.88 bits per heavy atom. The first-order chi connectivity index (χ1) is 12.0. The molecular weight excluding hydrogens is 378 g/mol. The van der Waals surface area contributed by atoms with E-state index in [2.05, 4.69) is 31.2 Å². The number of amides is 1. The van der Waals surface area contributed by atoms with Gasteiger partial charge < -0.3 is 5.32 Å². The van der Waals surface area contributed by atoms with E-state index in [4.69, 9.17) is 0 Å². The SMILES string of the molecule is Cc1ccc(-c2ncc(C(=O)NCc3cccc(Br)c3)c(C)n2)cc1. The minimum Gasteiger partial charge on any atom is -0.348 e. The molecule has 1 aromatic heterocycles. The largest absolute Gasteiger partial charge is 0.348 e.